The Bertz CT molecular complexity index is 786. The minimum atomic E-state index is -0.556. The van der Waals surface area contributed by atoms with E-state index in [0.29, 0.717) is 31.0 Å². The van der Waals surface area contributed by atoms with Gasteiger partial charge >= 0.3 is 5.97 Å². The van der Waals surface area contributed by atoms with E-state index in [2.05, 4.69) is 6.58 Å². The van der Waals surface area contributed by atoms with Crippen LogP contribution in [0.4, 0.5) is 0 Å². The molecule has 0 fully saturated rings. The zero-order chi connectivity index (χ0) is 19.6. The van der Waals surface area contributed by atoms with Crippen molar-refractivity contribution in [1.29, 1.82) is 0 Å². The fraction of sp³-hybridized carbons (Fsp3) is 0.273. The molecule has 0 radical (unpaired) electrons. The highest BCUT2D eigenvalue weighted by molar-refractivity contribution is 5.91. The van der Waals surface area contributed by atoms with Crippen molar-refractivity contribution < 1.29 is 19.1 Å². The predicted octanol–water partition coefficient (Wildman–Crippen LogP) is 3.85. The molecule has 0 atom stereocenters. The molecule has 0 aliphatic heterocycles. The van der Waals surface area contributed by atoms with Crippen LogP contribution in [0.15, 0.2) is 66.7 Å². The summed E-state index contributed by atoms with van der Waals surface area (Å²) in [5.74, 6) is -0.234. The van der Waals surface area contributed by atoms with Crippen molar-refractivity contribution in [2.24, 2.45) is 0 Å². The molecule has 0 aliphatic carbocycles. The number of nitrogens with zero attached hydrogens (tertiary/aromatic N) is 1. The summed E-state index contributed by atoms with van der Waals surface area (Å²) in [4.78, 5) is 26.0. The van der Waals surface area contributed by atoms with Crippen LogP contribution in [-0.4, -0.2) is 36.5 Å². The monoisotopic (exact) mass is 367 g/mol. The lowest BCUT2D eigenvalue weighted by Crippen LogP contribution is -2.35. The van der Waals surface area contributed by atoms with Crippen molar-refractivity contribution >= 4 is 11.9 Å². The number of esters is 1. The highest BCUT2D eigenvalue weighted by Gasteiger charge is 2.15. The average Bonchev–Trinajstić information content (AvgIpc) is 2.69. The lowest BCUT2D eigenvalue weighted by atomic mass is 10.2. The number of hydrogen-bond acceptors (Lipinski definition) is 4. The standard InChI is InChI=1S/C22H25NO4/c1-4-23(14-17(2)3)21(24)16-27-22(25)19-11-8-12-20(13-19)26-15-18-9-6-5-7-10-18/h5-13H,2,4,14-16H2,1,3H3. The summed E-state index contributed by atoms with van der Waals surface area (Å²) in [6.45, 7) is 8.62. The fourth-order valence-corrected chi connectivity index (χ4v) is 2.46. The molecule has 0 bridgehead atoms. The van der Waals surface area contributed by atoms with Gasteiger partial charge in [-0.3, -0.25) is 4.79 Å². The molecule has 0 unspecified atom stereocenters. The van der Waals surface area contributed by atoms with Crippen LogP contribution in [0.5, 0.6) is 5.75 Å². The zero-order valence-corrected chi connectivity index (χ0v) is 15.8. The van der Waals surface area contributed by atoms with Crippen LogP contribution in [0.1, 0.15) is 29.8 Å². The van der Waals surface area contributed by atoms with Crippen molar-refractivity contribution in [3.63, 3.8) is 0 Å². The first kappa shape index (κ1) is 20.2. The van der Waals surface area contributed by atoms with E-state index in [9.17, 15) is 9.59 Å². The molecule has 0 aliphatic rings. The number of likely N-dealkylation sites (N-methyl/N-ethyl adjacent to an activating group) is 1. The van der Waals surface area contributed by atoms with Crippen LogP contribution in [0.25, 0.3) is 0 Å². The number of carbonyl (C=O) groups excluding carboxylic acids is 2. The Balaban J connectivity index is 1.90. The lowest BCUT2D eigenvalue weighted by Gasteiger charge is -2.20. The maximum absolute atomic E-state index is 12.2. The van der Waals surface area contributed by atoms with Crippen molar-refractivity contribution in [1.82, 2.24) is 4.90 Å². The Labute approximate surface area is 160 Å². The molecule has 5 nitrogen and oxygen atoms in total. The van der Waals surface area contributed by atoms with Crippen LogP contribution in [0, 0.1) is 0 Å². The van der Waals surface area contributed by atoms with E-state index in [1.165, 1.54) is 0 Å². The van der Waals surface area contributed by atoms with Crippen molar-refractivity contribution in [2.45, 2.75) is 20.5 Å². The second kappa shape index (κ2) is 10.2. The molecule has 0 spiro atoms. The maximum atomic E-state index is 12.2. The van der Waals surface area contributed by atoms with Gasteiger partial charge in [0, 0.05) is 13.1 Å². The van der Waals surface area contributed by atoms with Gasteiger partial charge in [0.25, 0.3) is 5.91 Å². The van der Waals surface area contributed by atoms with Crippen molar-refractivity contribution in [3.8, 4) is 5.75 Å². The third kappa shape index (κ3) is 6.62. The second-order valence-corrected chi connectivity index (χ2v) is 6.24. The number of carbonyl (C=O) groups is 2. The molecule has 0 saturated heterocycles. The first-order valence-corrected chi connectivity index (χ1v) is 8.85. The summed E-state index contributed by atoms with van der Waals surface area (Å²) in [5.41, 5.74) is 2.25. The van der Waals surface area contributed by atoms with Crippen molar-refractivity contribution in [3.05, 3.63) is 77.9 Å². The van der Waals surface area contributed by atoms with E-state index in [1.807, 2.05) is 44.2 Å². The average molecular weight is 367 g/mol. The van der Waals surface area contributed by atoms with Gasteiger partial charge in [0.1, 0.15) is 12.4 Å². The molecule has 1 amide bonds. The van der Waals surface area contributed by atoms with Gasteiger partial charge in [0.15, 0.2) is 6.61 Å². The Hall–Kier alpha value is -3.08. The van der Waals surface area contributed by atoms with Gasteiger partial charge in [-0.2, -0.15) is 0 Å². The summed E-state index contributed by atoms with van der Waals surface area (Å²) >= 11 is 0. The molecular formula is C22H25NO4. The summed E-state index contributed by atoms with van der Waals surface area (Å²) in [6.07, 6.45) is 0. The maximum Gasteiger partial charge on any atom is 0.338 e. The molecule has 0 saturated carbocycles. The van der Waals surface area contributed by atoms with Crippen LogP contribution < -0.4 is 4.74 Å². The van der Waals surface area contributed by atoms with Gasteiger partial charge < -0.3 is 14.4 Å². The van der Waals surface area contributed by atoms with E-state index in [1.54, 1.807) is 29.2 Å². The number of benzene rings is 2. The lowest BCUT2D eigenvalue weighted by molar-refractivity contribution is -0.133. The molecule has 2 aromatic carbocycles. The van der Waals surface area contributed by atoms with E-state index in [4.69, 9.17) is 9.47 Å². The zero-order valence-electron chi connectivity index (χ0n) is 15.8. The number of amides is 1. The van der Waals surface area contributed by atoms with Crippen LogP contribution in [-0.2, 0) is 16.1 Å². The quantitative estimate of drug-likeness (QED) is 0.499. The first-order chi connectivity index (χ1) is 13.0. The van der Waals surface area contributed by atoms with E-state index >= 15 is 0 Å². The van der Waals surface area contributed by atoms with Crippen molar-refractivity contribution in [2.75, 3.05) is 19.7 Å². The van der Waals surface area contributed by atoms with Gasteiger partial charge in [-0.25, -0.2) is 4.79 Å². The molecule has 0 heterocycles. The largest absolute Gasteiger partial charge is 0.489 e. The summed E-state index contributed by atoms with van der Waals surface area (Å²) in [6, 6.07) is 16.5. The van der Waals surface area contributed by atoms with Crippen LogP contribution in [0.2, 0.25) is 0 Å². The molecule has 5 heteroatoms. The molecule has 27 heavy (non-hydrogen) atoms. The minimum Gasteiger partial charge on any atom is -0.489 e. The Morgan fingerprint density at radius 3 is 2.48 bits per heavy atom. The Kier molecular flexibility index (Phi) is 7.62. The second-order valence-electron chi connectivity index (χ2n) is 6.24. The number of hydrogen-bond donors (Lipinski definition) is 0. The summed E-state index contributed by atoms with van der Waals surface area (Å²) in [5, 5.41) is 0. The Morgan fingerprint density at radius 2 is 1.81 bits per heavy atom. The van der Waals surface area contributed by atoms with Gasteiger partial charge in [-0.1, -0.05) is 48.6 Å². The highest BCUT2D eigenvalue weighted by atomic mass is 16.5. The topological polar surface area (TPSA) is 55.8 Å². The SMILES string of the molecule is C=C(C)CN(CC)C(=O)COC(=O)c1cccc(OCc2ccccc2)c1. The third-order valence-corrected chi connectivity index (χ3v) is 3.84. The summed E-state index contributed by atoms with van der Waals surface area (Å²) < 4.78 is 10.9. The van der Waals surface area contributed by atoms with E-state index in [-0.39, 0.29) is 12.5 Å². The molecular weight excluding hydrogens is 342 g/mol. The minimum absolute atomic E-state index is 0.245. The van der Waals surface area contributed by atoms with Gasteiger partial charge in [-0.15, -0.1) is 0 Å². The molecule has 0 N–H and O–H groups in total. The predicted molar refractivity (Wildman–Crippen MR) is 105 cm³/mol. The number of rotatable bonds is 9. The van der Waals surface area contributed by atoms with Gasteiger partial charge in [-0.05, 0) is 37.6 Å². The van der Waals surface area contributed by atoms with Gasteiger partial charge in [0.2, 0.25) is 0 Å². The third-order valence-electron chi connectivity index (χ3n) is 3.84. The Morgan fingerprint density at radius 1 is 1.07 bits per heavy atom. The summed E-state index contributed by atoms with van der Waals surface area (Å²) in [7, 11) is 0. The van der Waals surface area contributed by atoms with Crippen LogP contribution >= 0.6 is 0 Å². The number of ether oxygens (including phenoxy) is 2. The highest BCUT2D eigenvalue weighted by Crippen LogP contribution is 2.16. The molecule has 0 aromatic heterocycles. The smallest absolute Gasteiger partial charge is 0.338 e. The molecule has 142 valence electrons. The normalized spacial score (nSPS) is 10.1. The molecule has 2 rings (SSSR count). The first-order valence-electron chi connectivity index (χ1n) is 8.85. The van der Waals surface area contributed by atoms with E-state index in [0.717, 1.165) is 11.1 Å². The fourth-order valence-electron chi connectivity index (χ4n) is 2.46. The van der Waals surface area contributed by atoms with Gasteiger partial charge in [0.05, 0.1) is 5.56 Å². The van der Waals surface area contributed by atoms with Crippen LogP contribution in [0.3, 0.4) is 0 Å². The van der Waals surface area contributed by atoms with E-state index < -0.39 is 5.97 Å². The molecule has 2 aromatic rings.